The SMILES string of the molecule is COCCN1Cc2cc(NC(=O)c3ccccc3F)ccc2OC(C)C1=O. The van der Waals surface area contributed by atoms with E-state index in [9.17, 15) is 14.0 Å². The number of fused-ring (bicyclic) bond motifs is 1. The lowest BCUT2D eigenvalue weighted by Crippen LogP contribution is -2.39. The van der Waals surface area contributed by atoms with Gasteiger partial charge in [0.05, 0.1) is 12.2 Å². The minimum atomic E-state index is -0.609. The van der Waals surface area contributed by atoms with Gasteiger partial charge in [-0.25, -0.2) is 4.39 Å². The first kappa shape index (κ1) is 18.8. The number of benzene rings is 2. The highest BCUT2D eigenvalue weighted by atomic mass is 19.1. The standard InChI is InChI=1S/C20H21FN2O4/c1-13-20(25)23(9-10-26-2)12-14-11-15(7-8-18(14)27-13)22-19(24)16-5-3-4-6-17(16)21/h3-8,11,13H,9-10,12H2,1-2H3,(H,22,24). The third kappa shape index (κ3) is 4.25. The Morgan fingerprint density at radius 3 is 2.85 bits per heavy atom. The number of anilines is 1. The highest BCUT2D eigenvalue weighted by molar-refractivity contribution is 6.04. The lowest BCUT2D eigenvalue weighted by atomic mass is 10.1. The molecule has 2 aromatic carbocycles. The van der Waals surface area contributed by atoms with Crippen molar-refractivity contribution < 1.29 is 23.5 Å². The van der Waals surface area contributed by atoms with E-state index in [1.54, 1.807) is 43.2 Å². The third-order valence-corrected chi connectivity index (χ3v) is 4.33. The maximum Gasteiger partial charge on any atom is 0.263 e. The quantitative estimate of drug-likeness (QED) is 0.876. The first-order chi connectivity index (χ1) is 13.0. The summed E-state index contributed by atoms with van der Waals surface area (Å²) in [4.78, 5) is 26.4. The molecule has 0 aromatic heterocycles. The molecule has 0 fully saturated rings. The zero-order valence-electron chi connectivity index (χ0n) is 15.2. The summed E-state index contributed by atoms with van der Waals surface area (Å²) in [5.41, 5.74) is 1.23. The maximum atomic E-state index is 13.8. The summed E-state index contributed by atoms with van der Waals surface area (Å²) in [5, 5.41) is 2.69. The first-order valence-electron chi connectivity index (χ1n) is 8.63. The molecule has 0 saturated carbocycles. The molecule has 1 N–H and O–H groups in total. The normalized spacial score (nSPS) is 16.3. The summed E-state index contributed by atoms with van der Waals surface area (Å²) in [6.45, 7) is 2.89. The predicted octanol–water partition coefficient (Wildman–Crippen LogP) is 2.83. The largest absolute Gasteiger partial charge is 0.481 e. The molecular weight excluding hydrogens is 351 g/mol. The Balaban J connectivity index is 1.82. The van der Waals surface area contributed by atoms with Crippen molar-refractivity contribution in [2.75, 3.05) is 25.6 Å². The Kier molecular flexibility index (Phi) is 5.71. The average Bonchev–Trinajstić information content (AvgIpc) is 2.77. The fourth-order valence-electron chi connectivity index (χ4n) is 2.91. The van der Waals surface area contributed by atoms with E-state index in [1.807, 2.05) is 0 Å². The van der Waals surface area contributed by atoms with E-state index < -0.39 is 17.8 Å². The Labute approximate surface area is 156 Å². The van der Waals surface area contributed by atoms with Crippen molar-refractivity contribution >= 4 is 17.5 Å². The molecular formula is C20H21FN2O4. The minimum Gasteiger partial charge on any atom is -0.481 e. The summed E-state index contributed by atoms with van der Waals surface area (Å²) < 4.78 is 24.6. The molecule has 6 nitrogen and oxygen atoms in total. The average molecular weight is 372 g/mol. The van der Waals surface area contributed by atoms with Gasteiger partial charge in [0, 0.05) is 31.5 Å². The van der Waals surface area contributed by atoms with E-state index in [4.69, 9.17) is 9.47 Å². The van der Waals surface area contributed by atoms with Crippen molar-refractivity contribution in [3.05, 3.63) is 59.4 Å². The van der Waals surface area contributed by atoms with E-state index in [2.05, 4.69) is 5.32 Å². The van der Waals surface area contributed by atoms with Crippen LogP contribution < -0.4 is 10.1 Å². The lowest BCUT2D eigenvalue weighted by molar-refractivity contribution is -0.138. The monoisotopic (exact) mass is 372 g/mol. The number of methoxy groups -OCH3 is 1. The molecule has 0 aliphatic carbocycles. The second-order valence-corrected chi connectivity index (χ2v) is 6.27. The molecule has 27 heavy (non-hydrogen) atoms. The number of carbonyl (C=O) groups excluding carboxylic acids is 2. The summed E-state index contributed by atoms with van der Waals surface area (Å²) in [7, 11) is 1.58. The number of rotatable bonds is 5. The van der Waals surface area contributed by atoms with Crippen LogP contribution in [0.1, 0.15) is 22.8 Å². The highest BCUT2D eigenvalue weighted by Gasteiger charge is 2.27. The van der Waals surface area contributed by atoms with Gasteiger partial charge in [0.15, 0.2) is 6.10 Å². The molecule has 0 saturated heterocycles. The van der Waals surface area contributed by atoms with Gasteiger partial charge < -0.3 is 19.7 Å². The predicted molar refractivity (Wildman–Crippen MR) is 98.2 cm³/mol. The van der Waals surface area contributed by atoms with Crippen LogP contribution in [0.25, 0.3) is 0 Å². The van der Waals surface area contributed by atoms with Crippen molar-refractivity contribution in [1.82, 2.24) is 4.90 Å². The molecule has 2 aromatic rings. The topological polar surface area (TPSA) is 67.9 Å². The van der Waals surface area contributed by atoms with Crippen LogP contribution in [0.5, 0.6) is 5.75 Å². The Bertz CT molecular complexity index is 856. The van der Waals surface area contributed by atoms with Gasteiger partial charge in [0.1, 0.15) is 11.6 Å². The van der Waals surface area contributed by atoms with Crippen LogP contribution in [0.15, 0.2) is 42.5 Å². The fraction of sp³-hybridized carbons (Fsp3) is 0.300. The zero-order valence-corrected chi connectivity index (χ0v) is 15.2. The first-order valence-corrected chi connectivity index (χ1v) is 8.63. The highest BCUT2D eigenvalue weighted by Crippen LogP contribution is 2.29. The molecule has 7 heteroatoms. The van der Waals surface area contributed by atoms with Crippen molar-refractivity contribution in [2.45, 2.75) is 19.6 Å². The molecule has 0 spiro atoms. The van der Waals surface area contributed by atoms with Crippen molar-refractivity contribution in [1.29, 1.82) is 0 Å². The molecule has 1 aliphatic rings. The number of nitrogens with zero attached hydrogens (tertiary/aromatic N) is 1. The molecule has 0 radical (unpaired) electrons. The Hall–Kier alpha value is -2.93. The molecule has 1 aliphatic heterocycles. The smallest absolute Gasteiger partial charge is 0.263 e. The number of hydrogen-bond acceptors (Lipinski definition) is 4. The molecule has 1 heterocycles. The van der Waals surface area contributed by atoms with Gasteiger partial charge >= 0.3 is 0 Å². The number of hydrogen-bond donors (Lipinski definition) is 1. The van der Waals surface area contributed by atoms with Gasteiger partial charge in [-0.1, -0.05) is 12.1 Å². The van der Waals surface area contributed by atoms with E-state index >= 15 is 0 Å². The van der Waals surface area contributed by atoms with Crippen molar-refractivity contribution in [3.63, 3.8) is 0 Å². The third-order valence-electron chi connectivity index (χ3n) is 4.33. The summed E-state index contributed by atoms with van der Waals surface area (Å²) in [6.07, 6.45) is -0.609. The Morgan fingerprint density at radius 2 is 2.11 bits per heavy atom. The van der Waals surface area contributed by atoms with Gasteiger partial charge in [0.25, 0.3) is 11.8 Å². The van der Waals surface area contributed by atoms with Crippen LogP contribution in [-0.4, -0.2) is 43.1 Å². The second-order valence-electron chi connectivity index (χ2n) is 6.27. The number of nitrogens with one attached hydrogen (secondary N) is 1. The van der Waals surface area contributed by atoms with E-state index in [-0.39, 0.29) is 11.5 Å². The molecule has 1 atom stereocenters. The van der Waals surface area contributed by atoms with Gasteiger partial charge in [-0.3, -0.25) is 9.59 Å². The number of carbonyl (C=O) groups is 2. The number of halogens is 1. The van der Waals surface area contributed by atoms with E-state index in [1.165, 1.54) is 18.2 Å². The zero-order chi connectivity index (χ0) is 19.4. The van der Waals surface area contributed by atoms with Gasteiger partial charge in [-0.2, -0.15) is 0 Å². The van der Waals surface area contributed by atoms with Crippen molar-refractivity contribution in [3.8, 4) is 5.75 Å². The number of ether oxygens (including phenoxy) is 2. The van der Waals surface area contributed by atoms with Crippen LogP contribution in [0, 0.1) is 5.82 Å². The van der Waals surface area contributed by atoms with E-state index in [0.29, 0.717) is 31.1 Å². The van der Waals surface area contributed by atoms with E-state index in [0.717, 1.165) is 5.56 Å². The van der Waals surface area contributed by atoms with Crippen LogP contribution in [0.2, 0.25) is 0 Å². The molecule has 2 amide bonds. The van der Waals surface area contributed by atoms with Crippen molar-refractivity contribution in [2.24, 2.45) is 0 Å². The fourth-order valence-corrected chi connectivity index (χ4v) is 2.91. The molecule has 3 rings (SSSR count). The lowest BCUT2D eigenvalue weighted by Gasteiger charge is -2.21. The van der Waals surface area contributed by atoms with Gasteiger partial charge in [-0.15, -0.1) is 0 Å². The Morgan fingerprint density at radius 1 is 1.33 bits per heavy atom. The minimum absolute atomic E-state index is 0.0331. The number of amides is 2. The maximum absolute atomic E-state index is 13.8. The van der Waals surface area contributed by atoms with Gasteiger partial charge in [-0.05, 0) is 37.3 Å². The molecule has 1 unspecified atom stereocenters. The van der Waals surface area contributed by atoms with Crippen LogP contribution in [0.3, 0.4) is 0 Å². The van der Waals surface area contributed by atoms with Crippen LogP contribution >= 0.6 is 0 Å². The molecule has 0 bridgehead atoms. The van der Waals surface area contributed by atoms with Crippen LogP contribution in [0.4, 0.5) is 10.1 Å². The molecule has 142 valence electrons. The summed E-state index contributed by atoms with van der Waals surface area (Å²) in [5.74, 6) is -0.665. The van der Waals surface area contributed by atoms with Crippen LogP contribution in [-0.2, 0) is 16.1 Å². The van der Waals surface area contributed by atoms with Gasteiger partial charge in [0.2, 0.25) is 0 Å². The summed E-state index contributed by atoms with van der Waals surface area (Å²) in [6, 6.07) is 10.9. The summed E-state index contributed by atoms with van der Waals surface area (Å²) >= 11 is 0. The second kappa shape index (κ2) is 8.18.